The van der Waals surface area contributed by atoms with E-state index < -0.39 is 5.41 Å². The van der Waals surface area contributed by atoms with Crippen molar-refractivity contribution in [3.05, 3.63) is 0 Å². The summed E-state index contributed by atoms with van der Waals surface area (Å²) in [5.74, 6) is -0.496. The van der Waals surface area contributed by atoms with Gasteiger partial charge in [0.25, 0.3) is 0 Å². The predicted molar refractivity (Wildman–Crippen MR) is 56.1 cm³/mol. The van der Waals surface area contributed by atoms with E-state index >= 15 is 0 Å². The fourth-order valence-electron chi connectivity index (χ4n) is 1.25. The van der Waals surface area contributed by atoms with Crippen molar-refractivity contribution < 1.29 is 14.4 Å². The maximum Gasteiger partial charge on any atom is 0.330 e. The van der Waals surface area contributed by atoms with Crippen molar-refractivity contribution in [1.82, 2.24) is 5.06 Å². The lowest BCUT2D eigenvalue weighted by molar-refractivity contribution is -0.195. The van der Waals surface area contributed by atoms with Crippen LogP contribution in [0.5, 0.6) is 0 Å². The van der Waals surface area contributed by atoms with E-state index in [0.717, 1.165) is 0 Å². The molecule has 5 heteroatoms. The summed E-state index contributed by atoms with van der Waals surface area (Å²) in [7, 11) is 0. The molecule has 1 unspecified atom stereocenters. The zero-order valence-corrected chi connectivity index (χ0v) is 10.0. The van der Waals surface area contributed by atoms with E-state index in [0.29, 0.717) is 19.5 Å². The van der Waals surface area contributed by atoms with Crippen LogP contribution in [0.15, 0.2) is 0 Å². The third-order valence-electron chi connectivity index (χ3n) is 2.30. The summed E-state index contributed by atoms with van der Waals surface area (Å²) in [5.41, 5.74) is -0.525. The number of halogens is 1. The molecule has 4 nitrogen and oxygen atoms in total. The second-order valence-corrected chi connectivity index (χ2v) is 5.18. The molecular weight excluding hydrogens is 218 g/mol. The van der Waals surface area contributed by atoms with Crippen LogP contribution in [-0.2, 0) is 14.4 Å². The largest absolute Gasteiger partial charge is 0.367 e. The Hall–Kier alpha value is -0.610. The molecule has 1 fully saturated rings. The summed E-state index contributed by atoms with van der Waals surface area (Å²) in [6.07, 6.45) is 0.653. The molecule has 0 spiro atoms. The van der Waals surface area contributed by atoms with Crippen molar-refractivity contribution in [3.8, 4) is 0 Å². The van der Waals surface area contributed by atoms with Gasteiger partial charge in [-0.2, -0.15) is 0 Å². The highest BCUT2D eigenvalue weighted by molar-refractivity contribution is 6.64. The zero-order valence-electron chi connectivity index (χ0n) is 9.25. The summed E-state index contributed by atoms with van der Waals surface area (Å²) < 4.78 is 0. The molecule has 1 heterocycles. The van der Waals surface area contributed by atoms with E-state index in [9.17, 15) is 9.59 Å². The molecule has 0 amide bonds. The fraction of sp³-hybridized carbons (Fsp3) is 0.800. The highest BCUT2D eigenvalue weighted by atomic mass is 35.5. The first-order chi connectivity index (χ1) is 6.80. The number of hydroxylamine groups is 2. The Labute approximate surface area is 94.5 Å². The molecule has 0 aromatic carbocycles. The molecular formula is C10H16ClNO3. The Balaban J connectivity index is 2.43. The molecule has 1 saturated heterocycles. The molecule has 0 bridgehead atoms. The monoisotopic (exact) mass is 233 g/mol. The van der Waals surface area contributed by atoms with Crippen LogP contribution in [0.4, 0.5) is 0 Å². The smallest absolute Gasteiger partial charge is 0.330 e. The van der Waals surface area contributed by atoms with Crippen molar-refractivity contribution >= 4 is 22.8 Å². The minimum Gasteiger partial charge on any atom is -0.367 e. The van der Waals surface area contributed by atoms with E-state index in [1.807, 2.05) is 0 Å². The van der Waals surface area contributed by atoms with Crippen LogP contribution < -0.4 is 0 Å². The van der Waals surface area contributed by atoms with Gasteiger partial charge in [-0.1, -0.05) is 0 Å². The molecule has 86 valence electrons. The van der Waals surface area contributed by atoms with Crippen LogP contribution in [0.1, 0.15) is 27.2 Å². The van der Waals surface area contributed by atoms with Gasteiger partial charge >= 0.3 is 5.97 Å². The average Bonchev–Trinajstić information content (AvgIpc) is 2.50. The number of carbonyl (C=O) groups is 2. The van der Waals surface area contributed by atoms with Gasteiger partial charge in [0.2, 0.25) is 5.24 Å². The first-order valence-corrected chi connectivity index (χ1v) is 5.35. The molecule has 0 aromatic heterocycles. The van der Waals surface area contributed by atoms with Crippen LogP contribution in [0.2, 0.25) is 0 Å². The number of hydrogen-bond acceptors (Lipinski definition) is 4. The van der Waals surface area contributed by atoms with Gasteiger partial charge in [0.1, 0.15) is 0 Å². The Bertz CT molecular complexity index is 272. The average molecular weight is 234 g/mol. The van der Waals surface area contributed by atoms with Gasteiger partial charge < -0.3 is 4.84 Å². The predicted octanol–water partition coefficient (Wildman–Crippen LogP) is 1.58. The van der Waals surface area contributed by atoms with Gasteiger partial charge in [0, 0.05) is 13.1 Å². The maximum absolute atomic E-state index is 11.5. The van der Waals surface area contributed by atoms with E-state index in [2.05, 4.69) is 0 Å². The first-order valence-electron chi connectivity index (χ1n) is 4.97. The Morgan fingerprint density at radius 3 is 2.40 bits per heavy atom. The van der Waals surface area contributed by atoms with E-state index in [4.69, 9.17) is 16.4 Å². The van der Waals surface area contributed by atoms with Crippen molar-refractivity contribution in [2.24, 2.45) is 11.3 Å². The molecule has 1 aliphatic rings. The van der Waals surface area contributed by atoms with Gasteiger partial charge in [-0.25, -0.2) is 4.79 Å². The number of rotatable bonds is 2. The van der Waals surface area contributed by atoms with Crippen LogP contribution in [-0.4, -0.2) is 29.4 Å². The van der Waals surface area contributed by atoms with Gasteiger partial charge in [-0.3, -0.25) is 4.79 Å². The summed E-state index contributed by atoms with van der Waals surface area (Å²) in [6, 6.07) is 0. The SMILES string of the molecule is CC(C)(C)C(=O)ON1CCC(C(=O)Cl)C1. The van der Waals surface area contributed by atoms with Gasteiger partial charge in [0.15, 0.2) is 0 Å². The highest BCUT2D eigenvalue weighted by Gasteiger charge is 2.32. The van der Waals surface area contributed by atoms with Crippen molar-refractivity contribution in [3.63, 3.8) is 0 Å². The Kier molecular flexibility index (Phi) is 3.73. The molecule has 0 aliphatic carbocycles. The topological polar surface area (TPSA) is 46.6 Å². The Morgan fingerprint density at radius 2 is 2.00 bits per heavy atom. The molecule has 0 saturated carbocycles. The minimum absolute atomic E-state index is 0.209. The molecule has 15 heavy (non-hydrogen) atoms. The van der Waals surface area contributed by atoms with Gasteiger partial charge in [-0.15, -0.1) is 5.06 Å². The number of nitrogens with zero attached hydrogens (tertiary/aromatic N) is 1. The minimum atomic E-state index is -0.525. The second kappa shape index (κ2) is 4.49. The van der Waals surface area contributed by atoms with Crippen LogP contribution >= 0.6 is 11.6 Å². The summed E-state index contributed by atoms with van der Waals surface area (Å²) in [6.45, 7) is 6.34. The second-order valence-electron chi connectivity index (χ2n) is 4.81. The molecule has 0 N–H and O–H groups in total. The number of carbonyl (C=O) groups excluding carboxylic acids is 2. The van der Waals surface area contributed by atoms with Crippen LogP contribution in [0.3, 0.4) is 0 Å². The zero-order chi connectivity index (χ0) is 11.6. The van der Waals surface area contributed by atoms with Crippen molar-refractivity contribution in [2.75, 3.05) is 13.1 Å². The van der Waals surface area contributed by atoms with Crippen LogP contribution in [0, 0.1) is 11.3 Å². The van der Waals surface area contributed by atoms with Crippen molar-refractivity contribution in [1.29, 1.82) is 0 Å². The summed E-state index contributed by atoms with van der Waals surface area (Å²) in [5, 5.41) is 1.16. The van der Waals surface area contributed by atoms with E-state index in [-0.39, 0.29) is 17.1 Å². The first kappa shape index (κ1) is 12.5. The quantitative estimate of drug-likeness (QED) is 0.680. The van der Waals surface area contributed by atoms with E-state index in [1.54, 1.807) is 20.8 Å². The molecule has 0 radical (unpaired) electrons. The summed E-state index contributed by atoms with van der Waals surface area (Å²) in [4.78, 5) is 27.5. The highest BCUT2D eigenvalue weighted by Crippen LogP contribution is 2.22. The maximum atomic E-state index is 11.5. The standard InChI is InChI=1S/C10H16ClNO3/c1-10(2,3)9(14)15-12-5-4-7(6-12)8(11)13/h7H,4-6H2,1-3H3. The Morgan fingerprint density at radius 1 is 1.40 bits per heavy atom. The lowest BCUT2D eigenvalue weighted by Gasteiger charge is -2.21. The number of hydrogen-bond donors (Lipinski definition) is 0. The molecule has 1 aliphatic heterocycles. The van der Waals surface area contributed by atoms with Crippen LogP contribution in [0.25, 0.3) is 0 Å². The lowest BCUT2D eigenvalue weighted by Crippen LogP contribution is -2.32. The molecule has 1 rings (SSSR count). The van der Waals surface area contributed by atoms with E-state index in [1.165, 1.54) is 5.06 Å². The molecule has 0 aromatic rings. The normalized spacial score (nSPS) is 22.8. The van der Waals surface area contributed by atoms with Gasteiger partial charge in [-0.05, 0) is 38.8 Å². The lowest BCUT2D eigenvalue weighted by atomic mass is 9.98. The summed E-state index contributed by atoms with van der Waals surface area (Å²) >= 11 is 5.37. The third kappa shape index (κ3) is 3.47. The van der Waals surface area contributed by atoms with Crippen molar-refractivity contribution in [2.45, 2.75) is 27.2 Å². The third-order valence-corrected chi connectivity index (χ3v) is 2.60. The fourth-order valence-corrected chi connectivity index (χ4v) is 1.43. The van der Waals surface area contributed by atoms with Gasteiger partial charge in [0.05, 0.1) is 11.3 Å². The molecule has 1 atom stereocenters.